The summed E-state index contributed by atoms with van der Waals surface area (Å²) in [5.41, 5.74) is 3.86. The fourth-order valence-electron chi connectivity index (χ4n) is 4.97. The normalized spacial score (nSPS) is 26.9. The van der Waals surface area contributed by atoms with Crippen molar-refractivity contribution in [3.05, 3.63) is 71.3 Å². The molecule has 1 N–H and O–H groups in total. The van der Waals surface area contributed by atoms with E-state index in [2.05, 4.69) is 17.5 Å². The Morgan fingerprint density at radius 3 is 2.28 bits per heavy atom. The van der Waals surface area contributed by atoms with E-state index < -0.39 is 0 Å². The summed E-state index contributed by atoms with van der Waals surface area (Å²) in [6.07, 6.45) is 5.06. The molecule has 1 saturated carbocycles. The van der Waals surface area contributed by atoms with E-state index in [9.17, 15) is 14.4 Å². The summed E-state index contributed by atoms with van der Waals surface area (Å²) in [6, 6.07) is 12.5. The molecule has 0 spiro atoms. The second-order valence-corrected chi connectivity index (χ2v) is 8.32. The minimum Gasteiger partial charge on any atom is -0.322 e. The van der Waals surface area contributed by atoms with Crippen LogP contribution in [0, 0.1) is 37.5 Å². The van der Waals surface area contributed by atoms with Gasteiger partial charge in [0.2, 0.25) is 11.8 Å². The van der Waals surface area contributed by atoms with Crippen molar-refractivity contribution >= 4 is 29.1 Å². The highest BCUT2D eigenvalue weighted by molar-refractivity contribution is 6.23. The van der Waals surface area contributed by atoms with Crippen LogP contribution in [0.25, 0.3) is 0 Å². The molecule has 2 aromatic carbocycles. The highest BCUT2D eigenvalue weighted by atomic mass is 16.2. The average Bonchev–Trinajstić information content (AvgIpc) is 3.38. The van der Waals surface area contributed by atoms with Gasteiger partial charge in [-0.05, 0) is 73.6 Å². The molecule has 5 heteroatoms. The molecule has 2 bridgehead atoms. The van der Waals surface area contributed by atoms with Crippen molar-refractivity contribution in [3.8, 4) is 0 Å². The maximum Gasteiger partial charge on any atom is 0.255 e. The van der Waals surface area contributed by atoms with Crippen molar-refractivity contribution in [3.63, 3.8) is 0 Å². The minimum absolute atomic E-state index is 0.136. The first-order valence-electron chi connectivity index (χ1n) is 9.99. The van der Waals surface area contributed by atoms with Crippen molar-refractivity contribution in [2.45, 2.75) is 20.3 Å². The van der Waals surface area contributed by atoms with Crippen LogP contribution in [0.5, 0.6) is 0 Å². The lowest BCUT2D eigenvalue weighted by molar-refractivity contribution is -0.123. The van der Waals surface area contributed by atoms with E-state index in [0.29, 0.717) is 16.9 Å². The van der Waals surface area contributed by atoms with Crippen molar-refractivity contribution < 1.29 is 14.4 Å². The molecule has 0 radical (unpaired) electrons. The van der Waals surface area contributed by atoms with Gasteiger partial charge in [0.25, 0.3) is 5.91 Å². The van der Waals surface area contributed by atoms with E-state index >= 15 is 0 Å². The Labute approximate surface area is 169 Å². The first kappa shape index (κ1) is 17.9. The number of nitrogens with zero attached hydrogens (tertiary/aromatic N) is 1. The number of hydrogen-bond acceptors (Lipinski definition) is 3. The number of carbonyl (C=O) groups is 3. The number of benzene rings is 2. The third-order valence-corrected chi connectivity index (χ3v) is 6.60. The zero-order valence-electron chi connectivity index (χ0n) is 16.4. The summed E-state index contributed by atoms with van der Waals surface area (Å²) in [5.74, 6) is -0.690. The molecule has 3 amide bonds. The third kappa shape index (κ3) is 2.72. The van der Waals surface area contributed by atoms with E-state index in [1.165, 1.54) is 4.90 Å². The summed E-state index contributed by atoms with van der Waals surface area (Å²) < 4.78 is 0. The number of allylic oxidation sites excluding steroid dienone is 2. The monoisotopic (exact) mass is 386 g/mol. The number of amides is 3. The topological polar surface area (TPSA) is 66.5 Å². The number of hydrogen-bond donors (Lipinski definition) is 1. The maximum atomic E-state index is 13.0. The van der Waals surface area contributed by atoms with E-state index in [-0.39, 0.29) is 41.4 Å². The maximum absolute atomic E-state index is 13.0. The number of aryl methyl sites for hydroxylation is 2. The molecule has 146 valence electrons. The zero-order chi connectivity index (χ0) is 20.3. The Morgan fingerprint density at radius 2 is 1.62 bits per heavy atom. The van der Waals surface area contributed by atoms with E-state index in [1.807, 2.05) is 32.0 Å². The molecule has 0 aromatic heterocycles. The molecule has 1 heterocycles. The summed E-state index contributed by atoms with van der Waals surface area (Å²) in [4.78, 5) is 40.0. The second kappa shape index (κ2) is 6.41. The lowest BCUT2D eigenvalue weighted by Gasteiger charge is -2.18. The second-order valence-electron chi connectivity index (χ2n) is 8.32. The number of carbonyl (C=O) groups excluding carboxylic acids is 3. The number of anilines is 2. The largest absolute Gasteiger partial charge is 0.322 e. The van der Waals surface area contributed by atoms with Crippen LogP contribution in [0.3, 0.4) is 0 Å². The van der Waals surface area contributed by atoms with Gasteiger partial charge in [-0.2, -0.15) is 0 Å². The average molecular weight is 386 g/mol. The fraction of sp³-hybridized carbons (Fsp3) is 0.292. The first-order valence-corrected chi connectivity index (χ1v) is 9.99. The molecular formula is C24H22N2O3. The minimum atomic E-state index is -0.267. The van der Waals surface area contributed by atoms with Crippen molar-refractivity contribution in [1.82, 2.24) is 0 Å². The highest BCUT2D eigenvalue weighted by Crippen LogP contribution is 2.53. The number of imide groups is 1. The predicted molar refractivity (Wildman–Crippen MR) is 111 cm³/mol. The quantitative estimate of drug-likeness (QED) is 0.643. The molecule has 3 aliphatic rings. The van der Waals surface area contributed by atoms with Gasteiger partial charge >= 0.3 is 0 Å². The smallest absolute Gasteiger partial charge is 0.255 e. The van der Waals surface area contributed by atoms with E-state index in [1.54, 1.807) is 24.3 Å². The molecule has 5 nitrogen and oxygen atoms in total. The van der Waals surface area contributed by atoms with Crippen LogP contribution in [-0.4, -0.2) is 17.7 Å². The van der Waals surface area contributed by atoms with E-state index in [0.717, 1.165) is 17.5 Å². The predicted octanol–water partition coefficient (Wildman–Crippen LogP) is 3.87. The molecule has 29 heavy (non-hydrogen) atoms. The van der Waals surface area contributed by atoms with Gasteiger partial charge in [-0.15, -0.1) is 0 Å². The molecule has 1 aliphatic heterocycles. The van der Waals surface area contributed by atoms with Crippen LogP contribution in [0.2, 0.25) is 0 Å². The molecule has 2 aliphatic carbocycles. The Morgan fingerprint density at radius 1 is 0.931 bits per heavy atom. The highest BCUT2D eigenvalue weighted by Gasteiger charge is 2.59. The standard InChI is InChI=1S/C24H22N2O3/c1-13-6-9-18(10-14(13)2)25-22(27)17-4-3-5-19(12-17)26-23(28)20-15-7-8-16(11-15)21(20)24(26)29/h3-10,12,15-16,20-21H,11H2,1-2H3,(H,25,27)/t15-,16+,20-,21+. The van der Waals surface area contributed by atoms with Gasteiger partial charge in [-0.1, -0.05) is 24.3 Å². The van der Waals surface area contributed by atoms with E-state index in [4.69, 9.17) is 0 Å². The van der Waals surface area contributed by atoms with Gasteiger partial charge in [-0.3, -0.25) is 14.4 Å². The van der Waals surface area contributed by atoms with Gasteiger partial charge in [0.05, 0.1) is 17.5 Å². The molecule has 4 atom stereocenters. The molecule has 2 aromatic rings. The Bertz CT molecular complexity index is 1060. The summed E-state index contributed by atoms with van der Waals surface area (Å²) >= 11 is 0. The molecule has 2 fully saturated rings. The molecule has 1 saturated heterocycles. The lowest BCUT2D eigenvalue weighted by atomic mass is 9.85. The van der Waals surface area contributed by atoms with Crippen molar-refractivity contribution in [2.24, 2.45) is 23.7 Å². The molecule has 0 unspecified atom stereocenters. The summed E-state index contributed by atoms with van der Waals surface area (Å²) in [7, 11) is 0. The van der Waals surface area contributed by atoms with Gasteiger partial charge in [0.1, 0.15) is 0 Å². The summed E-state index contributed by atoms with van der Waals surface area (Å²) in [5, 5.41) is 2.89. The van der Waals surface area contributed by atoms with Gasteiger partial charge < -0.3 is 5.32 Å². The number of nitrogens with one attached hydrogen (secondary N) is 1. The van der Waals surface area contributed by atoms with Crippen molar-refractivity contribution in [1.29, 1.82) is 0 Å². The molecule has 5 rings (SSSR count). The summed E-state index contributed by atoms with van der Waals surface area (Å²) in [6.45, 7) is 4.01. The third-order valence-electron chi connectivity index (χ3n) is 6.60. The van der Waals surface area contributed by atoms with Crippen LogP contribution in [0.1, 0.15) is 27.9 Å². The van der Waals surface area contributed by atoms with Crippen LogP contribution in [0.15, 0.2) is 54.6 Å². The Hall–Kier alpha value is -3.21. The number of fused-ring (bicyclic) bond motifs is 5. The van der Waals surface area contributed by atoms with Crippen molar-refractivity contribution in [2.75, 3.05) is 10.2 Å². The van der Waals surface area contributed by atoms with Gasteiger partial charge in [0, 0.05) is 11.3 Å². The Balaban J connectivity index is 1.40. The Kier molecular flexibility index (Phi) is 3.95. The van der Waals surface area contributed by atoms with Gasteiger partial charge in [-0.25, -0.2) is 4.90 Å². The molecular weight excluding hydrogens is 364 g/mol. The van der Waals surface area contributed by atoms with Gasteiger partial charge in [0.15, 0.2) is 0 Å². The van der Waals surface area contributed by atoms with Crippen LogP contribution in [0.4, 0.5) is 11.4 Å². The van der Waals surface area contributed by atoms with Crippen LogP contribution >= 0.6 is 0 Å². The van der Waals surface area contributed by atoms with Crippen LogP contribution < -0.4 is 10.2 Å². The first-order chi connectivity index (χ1) is 13.9. The SMILES string of the molecule is Cc1ccc(NC(=O)c2cccc(N3C(=O)[C@@H]4[C@H](C3=O)[C@@H]3C=C[C@H]4C3)c2)cc1C. The zero-order valence-corrected chi connectivity index (χ0v) is 16.4. The fourth-order valence-corrected chi connectivity index (χ4v) is 4.97. The lowest BCUT2D eigenvalue weighted by Crippen LogP contribution is -2.33. The van der Waals surface area contributed by atoms with Crippen LogP contribution in [-0.2, 0) is 9.59 Å². The number of rotatable bonds is 3.